The van der Waals surface area contributed by atoms with Crippen molar-refractivity contribution in [2.75, 3.05) is 26.2 Å². The van der Waals surface area contributed by atoms with E-state index in [1.54, 1.807) is 0 Å². The molecule has 0 bridgehead atoms. The molecule has 0 aromatic heterocycles. The molecule has 2 nitrogen and oxygen atoms in total. The van der Waals surface area contributed by atoms with Crippen molar-refractivity contribution in [1.82, 2.24) is 10.2 Å². The Morgan fingerprint density at radius 3 is 2.29 bits per heavy atom. The van der Waals surface area contributed by atoms with Crippen molar-refractivity contribution >= 4 is 0 Å². The maximum absolute atomic E-state index is 14.1. The minimum absolute atomic E-state index is 0.0178. The van der Waals surface area contributed by atoms with E-state index in [-0.39, 0.29) is 6.04 Å². The third-order valence-electron chi connectivity index (χ3n) is 5.28. The summed E-state index contributed by atoms with van der Waals surface area (Å²) in [5.41, 5.74) is -0.483. The standard InChI is InChI=1S/C18H24F4N2/c19-16-12-14(6-7-15(16)18(20,21)22)17(13-4-2-1-3-5-13)24-10-8-23-9-11-24/h6-7,12-13,17,23H,1-5,8-11H2/t17-/m1/s1. The van der Waals surface area contributed by atoms with Crippen molar-refractivity contribution in [1.29, 1.82) is 0 Å². The number of piperazine rings is 1. The zero-order valence-corrected chi connectivity index (χ0v) is 13.7. The van der Waals surface area contributed by atoms with Crippen LogP contribution in [-0.4, -0.2) is 31.1 Å². The molecule has 1 heterocycles. The molecule has 0 unspecified atom stereocenters. The van der Waals surface area contributed by atoms with Gasteiger partial charge in [0.15, 0.2) is 0 Å². The number of alkyl halides is 3. The maximum Gasteiger partial charge on any atom is 0.419 e. The van der Waals surface area contributed by atoms with Crippen molar-refractivity contribution in [2.45, 2.75) is 44.3 Å². The molecule has 134 valence electrons. The minimum Gasteiger partial charge on any atom is -0.314 e. The lowest BCUT2D eigenvalue weighted by atomic mass is 9.80. The predicted octanol–water partition coefficient (Wildman–Crippen LogP) is 4.37. The fourth-order valence-corrected chi connectivity index (χ4v) is 4.14. The van der Waals surface area contributed by atoms with E-state index in [0.29, 0.717) is 11.5 Å². The summed E-state index contributed by atoms with van der Waals surface area (Å²) in [5.74, 6) is -0.760. The third kappa shape index (κ3) is 3.91. The highest BCUT2D eigenvalue weighted by Crippen LogP contribution is 2.40. The average Bonchev–Trinajstić information content (AvgIpc) is 2.56. The summed E-state index contributed by atoms with van der Waals surface area (Å²) in [7, 11) is 0. The van der Waals surface area contributed by atoms with Crippen LogP contribution in [0.5, 0.6) is 0 Å². The molecule has 1 aromatic carbocycles. The van der Waals surface area contributed by atoms with E-state index in [1.807, 2.05) is 0 Å². The van der Waals surface area contributed by atoms with E-state index < -0.39 is 17.6 Å². The van der Waals surface area contributed by atoms with Gasteiger partial charge in [-0.25, -0.2) is 4.39 Å². The van der Waals surface area contributed by atoms with Crippen molar-refractivity contribution in [3.8, 4) is 0 Å². The van der Waals surface area contributed by atoms with E-state index in [0.717, 1.165) is 64.0 Å². The Morgan fingerprint density at radius 1 is 1.04 bits per heavy atom. The molecule has 3 rings (SSSR count). The lowest BCUT2D eigenvalue weighted by molar-refractivity contribution is -0.140. The highest BCUT2D eigenvalue weighted by atomic mass is 19.4. The molecular weight excluding hydrogens is 320 g/mol. The molecule has 1 aliphatic heterocycles. The van der Waals surface area contributed by atoms with Gasteiger partial charge in [-0.15, -0.1) is 0 Å². The first kappa shape index (κ1) is 17.7. The number of benzene rings is 1. The molecule has 1 saturated carbocycles. The second kappa shape index (κ2) is 7.40. The topological polar surface area (TPSA) is 15.3 Å². The van der Waals surface area contributed by atoms with Crippen LogP contribution in [0, 0.1) is 11.7 Å². The molecule has 1 aliphatic carbocycles. The van der Waals surface area contributed by atoms with Gasteiger partial charge >= 0.3 is 6.18 Å². The van der Waals surface area contributed by atoms with Crippen LogP contribution in [0.2, 0.25) is 0 Å². The highest BCUT2D eigenvalue weighted by molar-refractivity contribution is 5.29. The highest BCUT2D eigenvalue weighted by Gasteiger charge is 2.36. The number of hydrogen-bond acceptors (Lipinski definition) is 2. The molecule has 1 N–H and O–H groups in total. The molecule has 6 heteroatoms. The van der Waals surface area contributed by atoms with E-state index in [4.69, 9.17) is 0 Å². The van der Waals surface area contributed by atoms with Crippen LogP contribution >= 0.6 is 0 Å². The summed E-state index contributed by atoms with van der Waals surface area (Å²) in [5, 5.41) is 3.30. The Kier molecular flexibility index (Phi) is 5.45. The van der Waals surface area contributed by atoms with Crippen LogP contribution in [0.3, 0.4) is 0 Å². The number of nitrogens with one attached hydrogen (secondary N) is 1. The van der Waals surface area contributed by atoms with Crippen LogP contribution < -0.4 is 5.32 Å². The quantitative estimate of drug-likeness (QED) is 0.819. The summed E-state index contributed by atoms with van der Waals surface area (Å²) in [4.78, 5) is 2.31. The summed E-state index contributed by atoms with van der Waals surface area (Å²) in [6.07, 6.45) is 1.01. The second-order valence-corrected chi connectivity index (χ2v) is 6.87. The van der Waals surface area contributed by atoms with Crippen LogP contribution in [-0.2, 0) is 6.18 Å². The predicted molar refractivity (Wildman–Crippen MR) is 85.2 cm³/mol. The molecule has 1 saturated heterocycles. The Bertz CT molecular complexity index is 528. The maximum atomic E-state index is 14.1. The van der Waals surface area contributed by atoms with Crippen LogP contribution in [0.15, 0.2) is 18.2 Å². The van der Waals surface area contributed by atoms with E-state index in [9.17, 15) is 17.6 Å². The molecule has 2 fully saturated rings. The Labute approximate surface area is 140 Å². The van der Waals surface area contributed by atoms with Gasteiger partial charge in [0.1, 0.15) is 5.82 Å². The van der Waals surface area contributed by atoms with E-state index in [1.165, 1.54) is 12.5 Å². The lowest BCUT2D eigenvalue weighted by Gasteiger charge is -2.41. The second-order valence-electron chi connectivity index (χ2n) is 6.87. The number of hydrogen-bond donors (Lipinski definition) is 1. The van der Waals surface area contributed by atoms with E-state index in [2.05, 4.69) is 10.2 Å². The van der Waals surface area contributed by atoms with Crippen molar-refractivity contribution in [2.24, 2.45) is 5.92 Å². The molecule has 2 aliphatic rings. The van der Waals surface area contributed by atoms with Gasteiger partial charge in [-0.2, -0.15) is 13.2 Å². The van der Waals surface area contributed by atoms with Gasteiger partial charge in [-0.05, 0) is 36.5 Å². The molecule has 24 heavy (non-hydrogen) atoms. The summed E-state index contributed by atoms with van der Waals surface area (Å²) in [6, 6.07) is 3.52. The smallest absolute Gasteiger partial charge is 0.314 e. The Balaban J connectivity index is 1.90. The fourth-order valence-electron chi connectivity index (χ4n) is 4.14. The summed E-state index contributed by atoms with van der Waals surface area (Å²) in [6.45, 7) is 3.44. The lowest BCUT2D eigenvalue weighted by Crippen LogP contribution is -2.47. The third-order valence-corrected chi connectivity index (χ3v) is 5.28. The SMILES string of the molecule is Fc1cc([C@@H](C2CCCCC2)N2CCNCC2)ccc1C(F)(F)F. The monoisotopic (exact) mass is 344 g/mol. The average molecular weight is 344 g/mol. The molecule has 0 amide bonds. The van der Waals surface area contributed by atoms with Gasteiger partial charge in [-0.1, -0.05) is 25.3 Å². The zero-order valence-electron chi connectivity index (χ0n) is 13.7. The summed E-state index contributed by atoms with van der Waals surface area (Å²) >= 11 is 0. The molecule has 0 spiro atoms. The van der Waals surface area contributed by atoms with Gasteiger partial charge in [0, 0.05) is 32.2 Å². The van der Waals surface area contributed by atoms with E-state index >= 15 is 0 Å². The van der Waals surface area contributed by atoms with Gasteiger partial charge < -0.3 is 5.32 Å². The van der Waals surface area contributed by atoms with Crippen LogP contribution in [0.4, 0.5) is 17.6 Å². The first-order valence-corrected chi connectivity index (χ1v) is 8.78. The Hall–Kier alpha value is -1.14. The van der Waals surface area contributed by atoms with Gasteiger partial charge in [0.05, 0.1) is 5.56 Å². The first-order valence-electron chi connectivity index (χ1n) is 8.78. The summed E-state index contributed by atoms with van der Waals surface area (Å²) < 4.78 is 52.6. The number of halogens is 4. The van der Waals surface area contributed by atoms with Crippen LogP contribution in [0.1, 0.15) is 49.3 Å². The molecule has 0 radical (unpaired) electrons. The van der Waals surface area contributed by atoms with Gasteiger partial charge in [0.25, 0.3) is 0 Å². The first-order chi connectivity index (χ1) is 11.5. The van der Waals surface area contributed by atoms with Gasteiger partial charge in [-0.3, -0.25) is 4.90 Å². The molecular formula is C18H24F4N2. The van der Waals surface area contributed by atoms with Crippen LogP contribution in [0.25, 0.3) is 0 Å². The zero-order chi connectivity index (χ0) is 17.2. The van der Waals surface area contributed by atoms with Gasteiger partial charge in [0.2, 0.25) is 0 Å². The minimum atomic E-state index is -4.64. The van der Waals surface area contributed by atoms with Crippen molar-refractivity contribution < 1.29 is 17.6 Å². The van der Waals surface area contributed by atoms with Crippen molar-refractivity contribution in [3.63, 3.8) is 0 Å². The molecule has 1 atom stereocenters. The van der Waals surface area contributed by atoms with Crippen molar-refractivity contribution in [3.05, 3.63) is 35.1 Å². The fraction of sp³-hybridized carbons (Fsp3) is 0.667. The Morgan fingerprint density at radius 2 is 1.71 bits per heavy atom. The number of rotatable bonds is 3. The number of nitrogens with zero attached hydrogens (tertiary/aromatic N) is 1. The molecule has 1 aromatic rings. The largest absolute Gasteiger partial charge is 0.419 e. The normalized spacial score (nSPS) is 22.5.